The van der Waals surface area contributed by atoms with Gasteiger partial charge in [-0.1, -0.05) is 26.8 Å². The van der Waals surface area contributed by atoms with E-state index in [0.717, 1.165) is 19.3 Å². The maximum Gasteiger partial charge on any atom is 0.331 e. The standard InChI is InChI=1S/C15H22O3/c1-8-4-5-10-9(13(17)18)6-11-12(16)14(2,3)7-15(8,10)11/h6,8,10-12,16H,4-5,7H2,1-3H3,(H,17,18)/t8-,10+,11-,12-,15?/m1/s1. The molecule has 0 amide bonds. The Kier molecular flexibility index (Phi) is 2.30. The summed E-state index contributed by atoms with van der Waals surface area (Å²) >= 11 is 0. The molecule has 0 aliphatic heterocycles. The fraction of sp³-hybridized carbons (Fsp3) is 0.800. The molecule has 0 heterocycles. The Morgan fingerprint density at radius 2 is 2.06 bits per heavy atom. The first-order valence-electron chi connectivity index (χ1n) is 6.94. The third-order valence-corrected chi connectivity index (χ3v) is 5.96. The molecule has 2 saturated carbocycles. The van der Waals surface area contributed by atoms with E-state index < -0.39 is 12.1 Å². The van der Waals surface area contributed by atoms with E-state index in [1.54, 1.807) is 0 Å². The van der Waals surface area contributed by atoms with Gasteiger partial charge in [-0.25, -0.2) is 4.79 Å². The van der Waals surface area contributed by atoms with Crippen LogP contribution in [0.25, 0.3) is 0 Å². The van der Waals surface area contributed by atoms with Crippen LogP contribution in [0.4, 0.5) is 0 Å². The molecular weight excluding hydrogens is 228 g/mol. The van der Waals surface area contributed by atoms with E-state index in [2.05, 4.69) is 20.8 Å². The average molecular weight is 250 g/mol. The molecule has 0 aromatic carbocycles. The van der Waals surface area contributed by atoms with Gasteiger partial charge in [-0.05, 0) is 41.9 Å². The maximum atomic E-state index is 11.4. The molecule has 3 heteroatoms. The number of aliphatic hydroxyl groups is 1. The van der Waals surface area contributed by atoms with Gasteiger partial charge in [0.2, 0.25) is 0 Å². The third kappa shape index (κ3) is 1.21. The Labute approximate surface area is 108 Å². The molecule has 18 heavy (non-hydrogen) atoms. The van der Waals surface area contributed by atoms with Gasteiger partial charge in [0.1, 0.15) is 0 Å². The van der Waals surface area contributed by atoms with Crippen LogP contribution in [0.3, 0.4) is 0 Å². The van der Waals surface area contributed by atoms with Crippen molar-refractivity contribution in [2.24, 2.45) is 28.6 Å². The zero-order valence-corrected chi connectivity index (χ0v) is 11.3. The number of carboxylic acid groups (broad SMARTS) is 1. The summed E-state index contributed by atoms with van der Waals surface area (Å²) in [6.45, 7) is 6.46. The lowest BCUT2D eigenvalue weighted by Crippen LogP contribution is -2.33. The van der Waals surface area contributed by atoms with Crippen molar-refractivity contribution in [2.75, 3.05) is 0 Å². The second kappa shape index (κ2) is 3.38. The number of hydrogen-bond acceptors (Lipinski definition) is 2. The molecular formula is C15H22O3. The van der Waals surface area contributed by atoms with Crippen LogP contribution in [0, 0.1) is 28.6 Å². The average Bonchev–Trinajstić information content (AvgIpc) is 2.79. The van der Waals surface area contributed by atoms with Crippen molar-refractivity contribution in [1.82, 2.24) is 0 Å². The van der Waals surface area contributed by atoms with Crippen molar-refractivity contribution in [3.8, 4) is 0 Å². The van der Waals surface area contributed by atoms with Crippen molar-refractivity contribution in [1.29, 1.82) is 0 Å². The molecule has 0 aromatic heterocycles. The summed E-state index contributed by atoms with van der Waals surface area (Å²) < 4.78 is 0. The minimum Gasteiger partial charge on any atom is -0.478 e. The number of aliphatic hydroxyl groups excluding tert-OH is 1. The molecule has 0 bridgehead atoms. The van der Waals surface area contributed by atoms with Crippen LogP contribution in [0.1, 0.15) is 40.0 Å². The summed E-state index contributed by atoms with van der Waals surface area (Å²) in [5.41, 5.74) is 0.484. The van der Waals surface area contributed by atoms with Gasteiger partial charge in [0.05, 0.1) is 6.10 Å². The van der Waals surface area contributed by atoms with Crippen LogP contribution in [-0.2, 0) is 4.79 Å². The van der Waals surface area contributed by atoms with Crippen LogP contribution in [0.5, 0.6) is 0 Å². The van der Waals surface area contributed by atoms with Crippen molar-refractivity contribution in [3.63, 3.8) is 0 Å². The number of carboxylic acids is 1. The Morgan fingerprint density at radius 3 is 2.67 bits per heavy atom. The monoisotopic (exact) mass is 250 g/mol. The molecule has 3 nitrogen and oxygen atoms in total. The summed E-state index contributed by atoms with van der Waals surface area (Å²) in [7, 11) is 0. The maximum absolute atomic E-state index is 11.4. The first-order valence-corrected chi connectivity index (χ1v) is 6.94. The summed E-state index contributed by atoms with van der Waals surface area (Å²) in [5, 5.41) is 19.9. The highest BCUT2D eigenvalue weighted by Gasteiger charge is 2.67. The van der Waals surface area contributed by atoms with Gasteiger partial charge in [-0.15, -0.1) is 0 Å². The molecule has 3 aliphatic carbocycles. The Balaban J connectivity index is 2.11. The molecule has 3 aliphatic rings. The minimum absolute atomic E-state index is 0.0106. The van der Waals surface area contributed by atoms with Gasteiger partial charge in [-0.3, -0.25) is 0 Å². The van der Waals surface area contributed by atoms with Crippen LogP contribution >= 0.6 is 0 Å². The second-order valence-corrected chi connectivity index (χ2v) is 7.21. The molecule has 2 N–H and O–H groups in total. The van der Waals surface area contributed by atoms with Gasteiger partial charge < -0.3 is 10.2 Å². The van der Waals surface area contributed by atoms with Crippen LogP contribution < -0.4 is 0 Å². The first-order chi connectivity index (χ1) is 8.30. The lowest BCUT2D eigenvalue weighted by Gasteiger charge is -2.36. The van der Waals surface area contributed by atoms with Gasteiger partial charge in [0.15, 0.2) is 0 Å². The highest BCUT2D eigenvalue weighted by molar-refractivity contribution is 5.88. The molecule has 0 radical (unpaired) electrons. The largest absolute Gasteiger partial charge is 0.478 e. The highest BCUT2D eigenvalue weighted by atomic mass is 16.4. The molecule has 2 fully saturated rings. The summed E-state index contributed by atoms with van der Waals surface area (Å²) in [4.78, 5) is 11.4. The molecule has 100 valence electrons. The smallest absolute Gasteiger partial charge is 0.331 e. The van der Waals surface area contributed by atoms with Crippen molar-refractivity contribution < 1.29 is 15.0 Å². The molecule has 0 saturated heterocycles. The number of carbonyl (C=O) groups is 1. The second-order valence-electron chi connectivity index (χ2n) is 7.21. The first kappa shape index (κ1) is 12.2. The zero-order chi connectivity index (χ0) is 13.3. The summed E-state index contributed by atoms with van der Waals surface area (Å²) in [6, 6.07) is 0. The van der Waals surface area contributed by atoms with E-state index in [1.165, 1.54) is 0 Å². The normalized spacial score (nSPS) is 48.8. The van der Waals surface area contributed by atoms with Crippen molar-refractivity contribution >= 4 is 5.97 Å². The molecule has 3 rings (SSSR count). The Hall–Kier alpha value is -0.830. The van der Waals surface area contributed by atoms with E-state index in [1.807, 2.05) is 6.08 Å². The minimum atomic E-state index is -0.784. The van der Waals surface area contributed by atoms with E-state index in [4.69, 9.17) is 0 Å². The fourth-order valence-electron chi connectivity index (χ4n) is 5.17. The van der Waals surface area contributed by atoms with E-state index in [9.17, 15) is 15.0 Å². The SMILES string of the molecule is C[C@@H]1CC[C@H]2C(C(=O)O)=C[C@@H]3[C@@H](O)C(C)(C)CC132. The van der Waals surface area contributed by atoms with E-state index in [-0.39, 0.29) is 22.7 Å². The van der Waals surface area contributed by atoms with E-state index in [0.29, 0.717) is 11.5 Å². The molecule has 1 unspecified atom stereocenters. The fourth-order valence-corrected chi connectivity index (χ4v) is 5.17. The van der Waals surface area contributed by atoms with Gasteiger partial charge in [0.25, 0.3) is 0 Å². The van der Waals surface area contributed by atoms with Crippen LogP contribution in [0.15, 0.2) is 11.6 Å². The van der Waals surface area contributed by atoms with Gasteiger partial charge in [0, 0.05) is 11.5 Å². The Bertz CT molecular complexity index is 437. The van der Waals surface area contributed by atoms with Crippen molar-refractivity contribution in [2.45, 2.75) is 46.1 Å². The van der Waals surface area contributed by atoms with Crippen LogP contribution in [-0.4, -0.2) is 22.3 Å². The lowest BCUT2D eigenvalue weighted by atomic mass is 9.67. The van der Waals surface area contributed by atoms with Crippen molar-refractivity contribution in [3.05, 3.63) is 11.6 Å². The Morgan fingerprint density at radius 1 is 1.39 bits per heavy atom. The van der Waals surface area contributed by atoms with Crippen LogP contribution in [0.2, 0.25) is 0 Å². The van der Waals surface area contributed by atoms with Gasteiger partial charge in [-0.2, -0.15) is 0 Å². The molecule has 1 spiro atoms. The third-order valence-electron chi connectivity index (χ3n) is 5.96. The number of hydrogen-bond donors (Lipinski definition) is 2. The quantitative estimate of drug-likeness (QED) is 0.751. The lowest BCUT2D eigenvalue weighted by molar-refractivity contribution is -0.133. The summed E-state index contributed by atoms with van der Waals surface area (Å²) in [5.74, 6) is -0.0718. The van der Waals surface area contributed by atoms with Gasteiger partial charge >= 0.3 is 5.97 Å². The highest BCUT2D eigenvalue weighted by Crippen LogP contribution is 2.70. The number of aliphatic carboxylic acids is 1. The molecule has 0 aromatic rings. The van der Waals surface area contributed by atoms with E-state index >= 15 is 0 Å². The molecule has 5 atom stereocenters. The number of rotatable bonds is 1. The zero-order valence-electron chi connectivity index (χ0n) is 11.3. The summed E-state index contributed by atoms with van der Waals surface area (Å²) in [6.07, 6.45) is 4.48. The predicted molar refractivity (Wildman–Crippen MR) is 67.9 cm³/mol. The topological polar surface area (TPSA) is 57.5 Å². The predicted octanol–water partition coefficient (Wildman–Crippen LogP) is 2.45.